The Morgan fingerprint density at radius 1 is 1.39 bits per heavy atom. The summed E-state index contributed by atoms with van der Waals surface area (Å²) in [4.78, 5) is 3.89. The van der Waals surface area contributed by atoms with Crippen LogP contribution in [0, 0.1) is 11.3 Å². The van der Waals surface area contributed by atoms with Crippen LogP contribution in [0.15, 0.2) is 36.7 Å². The fraction of sp³-hybridized carbons (Fsp3) is 0.0769. The molecule has 0 bridgehead atoms. The molecule has 0 fully saturated rings. The minimum absolute atomic E-state index is 0.303. The Bertz CT molecular complexity index is 607. The van der Waals surface area contributed by atoms with Crippen molar-refractivity contribution in [3.8, 4) is 11.8 Å². The van der Waals surface area contributed by atoms with E-state index in [0.717, 1.165) is 5.56 Å². The van der Waals surface area contributed by atoms with E-state index >= 15 is 0 Å². The van der Waals surface area contributed by atoms with Crippen molar-refractivity contribution in [3.05, 3.63) is 52.8 Å². The molecule has 0 spiro atoms. The molecule has 0 amide bonds. The maximum atomic E-state index is 8.73. The summed E-state index contributed by atoms with van der Waals surface area (Å²) in [5.41, 5.74) is 7.54. The van der Waals surface area contributed by atoms with Gasteiger partial charge in [0.05, 0.1) is 22.3 Å². The minimum atomic E-state index is 0.303. The minimum Gasteiger partial charge on any atom is -0.487 e. The Hall–Kier alpha value is -2.25. The SMILES string of the molecule is N#Cc1ccc(OCc2ccncc2Cl)c(N)c1. The molecule has 1 aromatic heterocycles. The molecule has 0 saturated heterocycles. The van der Waals surface area contributed by atoms with Crippen molar-refractivity contribution in [2.45, 2.75) is 6.61 Å². The zero-order chi connectivity index (χ0) is 13.0. The summed E-state index contributed by atoms with van der Waals surface area (Å²) in [6.07, 6.45) is 3.20. The second kappa shape index (κ2) is 5.39. The zero-order valence-corrected chi connectivity index (χ0v) is 10.2. The van der Waals surface area contributed by atoms with Crippen LogP contribution in [0.2, 0.25) is 5.02 Å². The van der Waals surface area contributed by atoms with E-state index in [1.165, 1.54) is 0 Å². The highest BCUT2D eigenvalue weighted by molar-refractivity contribution is 6.31. The maximum Gasteiger partial charge on any atom is 0.142 e. The normalized spacial score (nSPS) is 9.78. The first-order valence-corrected chi connectivity index (χ1v) is 5.59. The van der Waals surface area contributed by atoms with Gasteiger partial charge in [-0.25, -0.2) is 0 Å². The fourth-order valence-electron chi connectivity index (χ4n) is 1.43. The van der Waals surface area contributed by atoms with Crippen molar-refractivity contribution in [3.63, 3.8) is 0 Å². The molecule has 2 N–H and O–H groups in total. The summed E-state index contributed by atoms with van der Waals surface area (Å²) in [5.74, 6) is 0.530. The first-order chi connectivity index (χ1) is 8.70. The van der Waals surface area contributed by atoms with E-state index < -0.39 is 0 Å². The summed E-state index contributed by atoms with van der Waals surface area (Å²) >= 11 is 5.96. The average Bonchev–Trinajstić information content (AvgIpc) is 2.39. The number of anilines is 1. The highest BCUT2D eigenvalue weighted by Gasteiger charge is 2.04. The molecular formula is C13H10ClN3O. The number of nitrogens with two attached hydrogens (primary N) is 1. The molecular weight excluding hydrogens is 250 g/mol. The van der Waals surface area contributed by atoms with Gasteiger partial charge in [0.15, 0.2) is 0 Å². The van der Waals surface area contributed by atoms with Gasteiger partial charge in [0.2, 0.25) is 0 Å². The standard InChI is InChI=1S/C13H10ClN3O/c14-11-7-17-4-3-10(11)8-18-13-2-1-9(6-15)5-12(13)16/h1-5,7H,8,16H2. The lowest BCUT2D eigenvalue weighted by Gasteiger charge is -2.09. The Labute approximate surface area is 110 Å². The van der Waals surface area contributed by atoms with Crippen LogP contribution < -0.4 is 10.5 Å². The molecule has 90 valence electrons. The lowest BCUT2D eigenvalue weighted by atomic mass is 10.2. The quantitative estimate of drug-likeness (QED) is 0.861. The van der Waals surface area contributed by atoms with E-state index in [4.69, 9.17) is 27.3 Å². The third-order valence-corrected chi connectivity index (χ3v) is 2.72. The first-order valence-electron chi connectivity index (χ1n) is 5.21. The molecule has 0 saturated carbocycles. The molecule has 0 aliphatic rings. The highest BCUT2D eigenvalue weighted by Crippen LogP contribution is 2.24. The average molecular weight is 260 g/mol. The Kier molecular flexibility index (Phi) is 3.66. The van der Waals surface area contributed by atoms with Crippen molar-refractivity contribution in [2.75, 3.05) is 5.73 Å². The van der Waals surface area contributed by atoms with Crippen molar-refractivity contribution in [2.24, 2.45) is 0 Å². The van der Waals surface area contributed by atoms with Crippen LogP contribution in [0.1, 0.15) is 11.1 Å². The van der Waals surface area contributed by atoms with E-state index in [1.807, 2.05) is 6.07 Å². The van der Waals surface area contributed by atoms with Crippen LogP contribution in [-0.4, -0.2) is 4.98 Å². The summed E-state index contributed by atoms with van der Waals surface area (Å²) in [5, 5.41) is 9.27. The van der Waals surface area contributed by atoms with Crippen molar-refractivity contribution >= 4 is 17.3 Å². The number of nitrogens with zero attached hydrogens (tertiary/aromatic N) is 2. The summed E-state index contributed by atoms with van der Waals surface area (Å²) < 4.78 is 5.56. The monoisotopic (exact) mass is 259 g/mol. The highest BCUT2D eigenvalue weighted by atomic mass is 35.5. The summed E-state index contributed by atoms with van der Waals surface area (Å²) in [6, 6.07) is 8.69. The molecule has 4 nitrogen and oxygen atoms in total. The van der Waals surface area contributed by atoms with Crippen molar-refractivity contribution in [1.29, 1.82) is 5.26 Å². The number of halogens is 1. The third-order valence-electron chi connectivity index (χ3n) is 2.38. The van der Waals surface area contributed by atoms with E-state index in [1.54, 1.807) is 36.7 Å². The van der Waals surface area contributed by atoms with Crippen molar-refractivity contribution < 1.29 is 4.74 Å². The van der Waals surface area contributed by atoms with Crippen molar-refractivity contribution in [1.82, 2.24) is 4.98 Å². The molecule has 2 aromatic rings. The predicted octanol–water partition coefficient (Wildman–Crippen LogP) is 2.77. The van der Waals surface area contributed by atoms with Gasteiger partial charge in [-0.3, -0.25) is 4.98 Å². The second-order valence-corrected chi connectivity index (χ2v) is 4.03. The van der Waals surface area contributed by atoms with E-state index in [0.29, 0.717) is 28.6 Å². The van der Waals surface area contributed by atoms with Gasteiger partial charge >= 0.3 is 0 Å². The van der Waals surface area contributed by atoms with Gasteiger partial charge in [0.25, 0.3) is 0 Å². The Morgan fingerprint density at radius 3 is 2.89 bits per heavy atom. The van der Waals surface area contributed by atoms with Crippen LogP contribution in [0.3, 0.4) is 0 Å². The first kappa shape index (κ1) is 12.2. The lowest BCUT2D eigenvalue weighted by molar-refractivity contribution is 0.308. The molecule has 1 heterocycles. The third kappa shape index (κ3) is 2.70. The molecule has 0 atom stereocenters. The van der Waals surface area contributed by atoms with E-state index in [9.17, 15) is 0 Å². The lowest BCUT2D eigenvalue weighted by Crippen LogP contribution is -2.00. The summed E-state index contributed by atoms with van der Waals surface area (Å²) in [6.45, 7) is 0.303. The van der Waals surface area contributed by atoms with Crippen LogP contribution >= 0.6 is 11.6 Å². The molecule has 0 radical (unpaired) electrons. The molecule has 5 heteroatoms. The number of pyridine rings is 1. The molecule has 0 aliphatic carbocycles. The molecule has 1 aromatic carbocycles. The molecule has 18 heavy (non-hydrogen) atoms. The van der Waals surface area contributed by atoms with Gasteiger partial charge in [-0.2, -0.15) is 5.26 Å². The number of nitriles is 1. The van der Waals surface area contributed by atoms with Gasteiger partial charge in [0.1, 0.15) is 12.4 Å². The number of aromatic nitrogens is 1. The fourth-order valence-corrected chi connectivity index (χ4v) is 1.60. The van der Waals surface area contributed by atoms with Gasteiger partial charge in [-0.05, 0) is 24.3 Å². The number of benzene rings is 1. The number of nitrogen functional groups attached to an aromatic ring is 1. The van der Waals surface area contributed by atoms with Gasteiger partial charge < -0.3 is 10.5 Å². The number of hydrogen-bond donors (Lipinski definition) is 1. The Morgan fingerprint density at radius 2 is 2.22 bits per heavy atom. The largest absolute Gasteiger partial charge is 0.487 e. The summed E-state index contributed by atoms with van der Waals surface area (Å²) in [7, 11) is 0. The van der Waals surface area contributed by atoms with E-state index in [-0.39, 0.29) is 0 Å². The van der Waals surface area contributed by atoms with Crippen LogP contribution in [0.5, 0.6) is 5.75 Å². The van der Waals surface area contributed by atoms with Gasteiger partial charge in [0, 0.05) is 18.0 Å². The number of ether oxygens (including phenoxy) is 1. The topological polar surface area (TPSA) is 71.9 Å². The molecule has 0 aliphatic heterocycles. The van der Waals surface area contributed by atoms with Crippen LogP contribution in [0.25, 0.3) is 0 Å². The molecule has 2 rings (SSSR count). The second-order valence-electron chi connectivity index (χ2n) is 3.62. The number of rotatable bonds is 3. The number of hydrogen-bond acceptors (Lipinski definition) is 4. The van der Waals surface area contributed by atoms with Gasteiger partial charge in [-0.1, -0.05) is 11.6 Å². The van der Waals surface area contributed by atoms with Crippen LogP contribution in [0.4, 0.5) is 5.69 Å². The maximum absolute atomic E-state index is 8.73. The molecule has 0 unspecified atom stereocenters. The smallest absolute Gasteiger partial charge is 0.142 e. The van der Waals surface area contributed by atoms with E-state index in [2.05, 4.69) is 4.98 Å². The predicted molar refractivity (Wildman–Crippen MR) is 69.1 cm³/mol. The van der Waals surface area contributed by atoms with Crippen LogP contribution in [-0.2, 0) is 6.61 Å². The zero-order valence-electron chi connectivity index (χ0n) is 9.43. The Balaban J connectivity index is 2.12. The van der Waals surface area contributed by atoms with Gasteiger partial charge in [-0.15, -0.1) is 0 Å².